The molecule has 108 heavy (non-hydrogen) atoms. The Morgan fingerprint density at radius 3 is 1.49 bits per heavy atom. The molecule has 20 rings (SSSR count). The van der Waals surface area contributed by atoms with E-state index < -0.39 is 0 Å². The second-order valence-corrected chi connectivity index (χ2v) is 27.6. The van der Waals surface area contributed by atoms with Gasteiger partial charge in [0.05, 0.1) is 0 Å². The first-order valence-electron chi connectivity index (χ1n) is 36.7. The molecule has 0 amide bonds. The molecule has 4 heteroatoms. The molecule has 0 unspecified atom stereocenters. The van der Waals surface area contributed by atoms with Gasteiger partial charge in [0.1, 0.15) is 44.8 Å². The van der Waals surface area contributed by atoms with Gasteiger partial charge in [-0.2, -0.15) is 0 Å². The van der Waals surface area contributed by atoms with E-state index >= 15 is 0 Å². The van der Waals surface area contributed by atoms with Crippen molar-refractivity contribution in [3.8, 4) is 66.8 Å². The number of rotatable bonds is 11. The molecule has 0 N–H and O–H groups in total. The van der Waals surface area contributed by atoms with E-state index in [9.17, 15) is 0 Å². The first-order valence-corrected chi connectivity index (χ1v) is 36.7. The molecular weight excluding hydrogens is 1310 g/mol. The summed E-state index contributed by atoms with van der Waals surface area (Å²) in [4.78, 5) is 0. The fourth-order valence-electron chi connectivity index (χ4n) is 16.4. The van der Waals surface area contributed by atoms with Crippen LogP contribution < -0.4 is 0 Å². The number of para-hydroxylation sites is 2. The largest absolute Gasteiger partial charge is 0.456 e. The van der Waals surface area contributed by atoms with Crippen molar-refractivity contribution in [1.82, 2.24) is 0 Å². The Hall–Kier alpha value is -14.3. The van der Waals surface area contributed by atoms with Crippen LogP contribution in [0.25, 0.3) is 209 Å². The average molecular weight is 1380 g/mol. The average Bonchev–Trinajstić information content (AvgIpc) is 1.51. The van der Waals surface area contributed by atoms with E-state index in [2.05, 4.69) is 346 Å². The molecule has 0 saturated carbocycles. The fraction of sp³-hybridized carbons (Fsp3) is 0. The molecule has 0 atom stereocenters. The van der Waals surface area contributed by atoms with Gasteiger partial charge in [0, 0.05) is 48.7 Å². The molecule has 4 heterocycles. The van der Waals surface area contributed by atoms with E-state index in [1.807, 2.05) is 48.6 Å². The Morgan fingerprint density at radius 2 is 0.722 bits per heavy atom. The van der Waals surface area contributed by atoms with Crippen LogP contribution in [0.4, 0.5) is 0 Å². The summed E-state index contributed by atoms with van der Waals surface area (Å²) in [6.07, 6.45) is 12.3. The van der Waals surface area contributed by atoms with Gasteiger partial charge in [0.2, 0.25) is 0 Å². The van der Waals surface area contributed by atoms with E-state index in [1.165, 1.54) is 16.3 Å². The monoisotopic (exact) mass is 1380 g/mol. The van der Waals surface area contributed by atoms with Crippen LogP contribution in [0.5, 0.6) is 0 Å². The maximum atomic E-state index is 6.91. The molecule has 0 radical (unpaired) electrons. The fourth-order valence-corrected chi connectivity index (χ4v) is 16.4. The lowest BCUT2D eigenvalue weighted by Gasteiger charge is -2.15. The highest BCUT2D eigenvalue weighted by atomic mass is 16.3. The van der Waals surface area contributed by atoms with Gasteiger partial charge in [-0.15, -0.1) is 0 Å². The summed E-state index contributed by atoms with van der Waals surface area (Å²) >= 11 is 0. The Balaban J connectivity index is 0.616. The lowest BCUT2D eigenvalue weighted by molar-refractivity contribution is 0.605. The summed E-state index contributed by atoms with van der Waals surface area (Å²) in [6, 6.07) is 126. The number of fused-ring (bicyclic) bond motifs is 16. The SMILES string of the molecule is C=C(\C=C/C=C/C=C/c1oc2ccccc2c1-c1ccc2c(c1)oc1cccc(-c3ccc(-c4ccccccc(-c5cccc(-c6ccc7oc8cc9c(ccc%10c%11ccccc%11oc9%10)cc8c7c6)c5)c5ccccc45)c4ccccc34)c12)c1ccccccc(-c2cccc3ccccc23)c2ccccc12. The highest BCUT2D eigenvalue weighted by Crippen LogP contribution is 2.47. The van der Waals surface area contributed by atoms with Crippen LogP contribution in [-0.4, -0.2) is 0 Å². The maximum Gasteiger partial charge on any atom is 0.143 e. The molecule has 4 aromatic heterocycles. The number of benzene rings is 14. The molecule has 0 fully saturated rings. The third-order valence-electron chi connectivity index (χ3n) is 21.4. The van der Waals surface area contributed by atoms with Crippen LogP contribution in [0.3, 0.4) is 0 Å². The minimum Gasteiger partial charge on any atom is -0.456 e. The van der Waals surface area contributed by atoms with Gasteiger partial charge < -0.3 is 17.7 Å². The van der Waals surface area contributed by atoms with Crippen molar-refractivity contribution in [2.24, 2.45) is 0 Å². The summed E-state index contributed by atoms with van der Waals surface area (Å²) in [5, 5.41) is 18.9. The molecule has 0 aliphatic carbocycles. The lowest BCUT2D eigenvalue weighted by Crippen LogP contribution is -1.88. The van der Waals surface area contributed by atoms with E-state index in [1.54, 1.807) is 0 Å². The number of hydrogen-bond donors (Lipinski definition) is 0. The van der Waals surface area contributed by atoms with Crippen molar-refractivity contribution in [3.05, 3.63) is 400 Å². The quantitative estimate of drug-likeness (QED) is 0.121. The van der Waals surface area contributed by atoms with Crippen LogP contribution in [0.1, 0.15) is 11.3 Å². The second kappa shape index (κ2) is 26.7. The molecule has 0 saturated heterocycles. The van der Waals surface area contributed by atoms with Gasteiger partial charge >= 0.3 is 0 Å². The minimum absolute atomic E-state index is 0.757. The van der Waals surface area contributed by atoms with Crippen LogP contribution >= 0.6 is 0 Å². The molecule has 4 nitrogen and oxygen atoms in total. The third kappa shape index (κ3) is 11.1. The normalized spacial score (nSPS) is 12.0. The summed E-state index contributed by atoms with van der Waals surface area (Å²) < 4.78 is 26.6. The molecule has 0 aliphatic heterocycles. The number of hydrogen-bond acceptors (Lipinski definition) is 4. The molecule has 0 spiro atoms. The van der Waals surface area contributed by atoms with Crippen LogP contribution in [0.2, 0.25) is 0 Å². The highest BCUT2D eigenvalue weighted by molar-refractivity contribution is 6.21. The van der Waals surface area contributed by atoms with Crippen molar-refractivity contribution < 1.29 is 17.7 Å². The van der Waals surface area contributed by atoms with Crippen molar-refractivity contribution >= 4 is 142 Å². The summed E-state index contributed by atoms with van der Waals surface area (Å²) in [5.74, 6) is 0.757. The van der Waals surface area contributed by atoms with Crippen LogP contribution in [0, 0.1) is 0 Å². The molecule has 0 bridgehead atoms. The van der Waals surface area contributed by atoms with Crippen molar-refractivity contribution in [2.75, 3.05) is 0 Å². The van der Waals surface area contributed by atoms with Crippen molar-refractivity contribution in [2.45, 2.75) is 0 Å². The molecule has 16 aromatic carbocycles. The molecule has 20 aromatic rings. The van der Waals surface area contributed by atoms with E-state index in [0.29, 0.717) is 0 Å². The zero-order chi connectivity index (χ0) is 71.6. The predicted octanol–water partition coefficient (Wildman–Crippen LogP) is 30.0. The van der Waals surface area contributed by atoms with Gasteiger partial charge in [0.25, 0.3) is 0 Å². The standard InChI is InChI=1S/C104H66O4/c1-66(73-34-9-3-5-11-37-80(79-41-18-16-39-76(73)79)78-47-27-31-67-30-14-15-36-74(67)78)29-8-2-7-13-51-98-102(90-46-23-25-50-96(90)105-98)72-54-57-91-100(64-72)107-99-52-28-48-88(103(91)99)86-59-58-85(83-43-20-21-44-84(83)86)82-38-12-6-4-10-35-75(77-40-17-19-42-81(77)82)70-33-26-32-68(61-70)69-55-60-97-93(62-69)94-63-71-53-56-89-87-45-22-24-49-95(87)108-104(89)92(71)65-101(94)106-97/h2-65H,1H2/b5-3?,6-4?,7-2+,9-3?,10-4?,11-5?,12-6?,29-8-,34-9?,35-10?,37-11?,38-12?,51-13+,73-34?,75-35?,76-73?,77-75?,80-37?,80-79?,82-38?,82-81?. The first kappa shape index (κ1) is 63.4. The highest BCUT2D eigenvalue weighted by Gasteiger charge is 2.22. The molecule has 0 aliphatic rings. The first-order chi connectivity index (χ1) is 53.5. The van der Waals surface area contributed by atoms with Crippen molar-refractivity contribution in [1.29, 1.82) is 0 Å². The Bertz CT molecular complexity index is 7330. The Kier molecular flexibility index (Phi) is 15.7. The van der Waals surface area contributed by atoms with Crippen LogP contribution in [0.15, 0.2) is 406 Å². The summed E-state index contributed by atoms with van der Waals surface area (Å²) in [7, 11) is 0. The zero-order valence-electron chi connectivity index (χ0n) is 58.8. The van der Waals surface area contributed by atoms with E-state index in [-0.39, 0.29) is 0 Å². The summed E-state index contributed by atoms with van der Waals surface area (Å²) in [5.41, 5.74) is 21.1. The van der Waals surface area contributed by atoms with E-state index in [0.717, 1.165) is 198 Å². The Morgan fingerprint density at radius 1 is 0.231 bits per heavy atom. The molecule has 506 valence electrons. The molecular formula is C104H66O4. The number of allylic oxidation sites excluding steroid dienone is 6. The third-order valence-corrected chi connectivity index (χ3v) is 21.4. The van der Waals surface area contributed by atoms with Crippen LogP contribution in [-0.2, 0) is 0 Å². The summed E-state index contributed by atoms with van der Waals surface area (Å²) in [6.45, 7) is 4.61. The van der Waals surface area contributed by atoms with Gasteiger partial charge in [-0.05, 0) is 194 Å². The van der Waals surface area contributed by atoms with Gasteiger partial charge in [-0.1, -0.05) is 322 Å². The van der Waals surface area contributed by atoms with Gasteiger partial charge in [0.15, 0.2) is 0 Å². The topological polar surface area (TPSA) is 52.6 Å². The maximum absolute atomic E-state index is 6.91. The van der Waals surface area contributed by atoms with Gasteiger partial charge in [-0.3, -0.25) is 0 Å². The predicted molar refractivity (Wildman–Crippen MR) is 456 cm³/mol. The smallest absolute Gasteiger partial charge is 0.143 e. The minimum atomic E-state index is 0.757. The lowest BCUT2D eigenvalue weighted by atomic mass is 9.88. The zero-order valence-corrected chi connectivity index (χ0v) is 58.8. The Labute approximate surface area is 622 Å². The second-order valence-electron chi connectivity index (χ2n) is 27.6. The van der Waals surface area contributed by atoms with Gasteiger partial charge in [-0.25, -0.2) is 0 Å². The number of furan rings is 4. The van der Waals surface area contributed by atoms with E-state index in [4.69, 9.17) is 17.7 Å². The van der Waals surface area contributed by atoms with Crippen molar-refractivity contribution in [3.63, 3.8) is 0 Å².